The van der Waals surface area contributed by atoms with Crippen LogP contribution in [0.3, 0.4) is 0 Å². The third-order valence-corrected chi connectivity index (χ3v) is 3.65. The standard InChI is InChI=1S/C15H24N2O/c1-4-17(14-8-6-5-7-13(14)2)9-10-18-15(3)11-16-12-15/h5-8,16H,4,9-12H2,1-3H3. The van der Waals surface area contributed by atoms with Gasteiger partial charge in [0, 0.05) is 31.9 Å². The van der Waals surface area contributed by atoms with Crippen LogP contribution in [-0.4, -0.2) is 38.4 Å². The van der Waals surface area contributed by atoms with Gasteiger partial charge in [-0.3, -0.25) is 0 Å². The Hall–Kier alpha value is -1.06. The zero-order valence-corrected chi connectivity index (χ0v) is 11.7. The largest absolute Gasteiger partial charge is 0.371 e. The van der Waals surface area contributed by atoms with Crippen molar-refractivity contribution in [2.45, 2.75) is 26.4 Å². The van der Waals surface area contributed by atoms with E-state index in [1.807, 2.05) is 0 Å². The number of hydrogen-bond donors (Lipinski definition) is 1. The molecule has 0 unspecified atom stereocenters. The predicted molar refractivity (Wildman–Crippen MR) is 76.3 cm³/mol. The summed E-state index contributed by atoms with van der Waals surface area (Å²) in [6.45, 7) is 11.2. The number of rotatable bonds is 6. The summed E-state index contributed by atoms with van der Waals surface area (Å²) in [6.07, 6.45) is 0. The maximum atomic E-state index is 5.95. The molecule has 0 aliphatic carbocycles. The molecule has 1 heterocycles. The zero-order valence-electron chi connectivity index (χ0n) is 11.7. The Balaban J connectivity index is 1.87. The molecule has 0 amide bonds. The fourth-order valence-electron chi connectivity index (χ4n) is 2.35. The summed E-state index contributed by atoms with van der Waals surface area (Å²) < 4.78 is 5.95. The van der Waals surface area contributed by atoms with Crippen molar-refractivity contribution < 1.29 is 4.74 Å². The fraction of sp³-hybridized carbons (Fsp3) is 0.600. The van der Waals surface area contributed by atoms with E-state index in [0.29, 0.717) is 0 Å². The Kier molecular flexibility index (Phi) is 4.25. The van der Waals surface area contributed by atoms with E-state index in [1.165, 1.54) is 11.3 Å². The van der Waals surface area contributed by atoms with Crippen molar-refractivity contribution in [3.05, 3.63) is 29.8 Å². The van der Waals surface area contributed by atoms with Crippen molar-refractivity contribution in [1.29, 1.82) is 0 Å². The van der Waals surface area contributed by atoms with Gasteiger partial charge in [0.1, 0.15) is 0 Å². The van der Waals surface area contributed by atoms with E-state index in [0.717, 1.165) is 32.8 Å². The summed E-state index contributed by atoms with van der Waals surface area (Å²) >= 11 is 0. The SMILES string of the molecule is CCN(CCOC1(C)CNC1)c1ccccc1C. The molecule has 0 saturated carbocycles. The van der Waals surface area contributed by atoms with E-state index in [1.54, 1.807) is 0 Å². The Bertz CT molecular complexity index is 388. The molecule has 1 N–H and O–H groups in total. The quantitative estimate of drug-likeness (QED) is 0.835. The smallest absolute Gasteiger partial charge is 0.0902 e. The van der Waals surface area contributed by atoms with Crippen LogP contribution in [0.4, 0.5) is 5.69 Å². The molecule has 1 saturated heterocycles. The number of ether oxygens (including phenoxy) is 1. The molecule has 0 spiro atoms. The van der Waals surface area contributed by atoms with Gasteiger partial charge in [-0.15, -0.1) is 0 Å². The molecule has 18 heavy (non-hydrogen) atoms. The lowest BCUT2D eigenvalue weighted by Crippen LogP contribution is -2.59. The third kappa shape index (κ3) is 3.03. The van der Waals surface area contributed by atoms with Crippen LogP contribution in [0.15, 0.2) is 24.3 Å². The van der Waals surface area contributed by atoms with Gasteiger partial charge < -0.3 is 15.0 Å². The van der Waals surface area contributed by atoms with Crippen LogP contribution in [0.1, 0.15) is 19.4 Å². The molecular weight excluding hydrogens is 224 g/mol. The van der Waals surface area contributed by atoms with Gasteiger partial charge >= 0.3 is 0 Å². The maximum absolute atomic E-state index is 5.95. The molecule has 100 valence electrons. The Labute approximate surface area is 110 Å². The van der Waals surface area contributed by atoms with Gasteiger partial charge in [0.15, 0.2) is 0 Å². The minimum atomic E-state index is 0.0607. The fourth-order valence-corrected chi connectivity index (χ4v) is 2.35. The van der Waals surface area contributed by atoms with E-state index in [9.17, 15) is 0 Å². The molecule has 0 atom stereocenters. The molecule has 1 fully saturated rings. The molecule has 0 bridgehead atoms. The van der Waals surface area contributed by atoms with Crippen molar-refractivity contribution in [2.24, 2.45) is 0 Å². The maximum Gasteiger partial charge on any atom is 0.0902 e. The van der Waals surface area contributed by atoms with E-state index in [-0.39, 0.29) is 5.60 Å². The lowest BCUT2D eigenvalue weighted by atomic mass is 10.0. The van der Waals surface area contributed by atoms with Crippen molar-refractivity contribution in [1.82, 2.24) is 5.32 Å². The van der Waals surface area contributed by atoms with E-state index < -0.39 is 0 Å². The van der Waals surface area contributed by atoms with Gasteiger partial charge in [-0.1, -0.05) is 18.2 Å². The topological polar surface area (TPSA) is 24.5 Å². The first-order chi connectivity index (χ1) is 8.64. The second-order valence-corrected chi connectivity index (χ2v) is 5.27. The van der Waals surface area contributed by atoms with Crippen LogP contribution in [0.5, 0.6) is 0 Å². The van der Waals surface area contributed by atoms with Crippen molar-refractivity contribution in [3.8, 4) is 0 Å². The Morgan fingerprint density at radius 2 is 2.06 bits per heavy atom. The summed E-state index contributed by atoms with van der Waals surface area (Å²) in [5.41, 5.74) is 2.71. The molecule has 1 aliphatic heterocycles. The lowest BCUT2D eigenvalue weighted by Gasteiger charge is -2.39. The van der Waals surface area contributed by atoms with Gasteiger partial charge in [0.2, 0.25) is 0 Å². The van der Waals surface area contributed by atoms with Crippen LogP contribution in [-0.2, 0) is 4.74 Å². The first-order valence-electron chi connectivity index (χ1n) is 6.80. The monoisotopic (exact) mass is 248 g/mol. The summed E-state index contributed by atoms with van der Waals surface area (Å²) in [5, 5.41) is 3.26. The summed E-state index contributed by atoms with van der Waals surface area (Å²) in [4.78, 5) is 2.38. The number of para-hydroxylation sites is 1. The molecule has 1 aliphatic rings. The van der Waals surface area contributed by atoms with Crippen LogP contribution in [0.25, 0.3) is 0 Å². The van der Waals surface area contributed by atoms with Gasteiger partial charge in [-0.05, 0) is 32.4 Å². The number of benzene rings is 1. The number of hydrogen-bond acceptors (Lipinski definition) is 3. The molecule has 0 aromatic heterocycles. The highest BCUT2D eigenvalue weighted by Crippen LogP contribution is 2.20. The minimum absolute atomic E-state index is 0.0607. The summed E-state index contributed by atoms with van der Waals surface area (Å²) in [5.74, 6) is 0. The predicted octanol–water partition coefficient (Wildman–Crippen LogP) is 2.20. The molecule has 1 aromatic carbocycles. The van der Waals surface area contributed by atoms with E-state index in [4.69, 9.17) is 4.74 Å². The Morgan fingerprint density at radius 3 is 2.61 bits per heavy atom. The second kappa shape index (κ2) is 5.72. The van der Waals surface area contributed by atoms with Crippen molar-refractivity contribution >= 4 is 5.69 Å². The van der Waals surface area contributed by atoms with Gasteiger partial charge in [-0.2, -0.15) is 0 Å². The molecule has 1 aromatic rings. The first-order valence-corrected chi connectivity index (χ1v) is 6.80. The van der Waals surface area contributed by atoms with Gasteiger partial charge in [0.25, 0.3) is 0 Å². The highest BCUT2D eigenvalue weighted by molar-refractivity contribution is 5.52. The normalized spacial score (nSPS) is 17.3. The van der Waals surface area contributed by atoms with Crippen molar-refractivity contribution in [2.75, 3.05) is 37.7 Å². The summed E-state index contributed by atoms with van der Waals surface area (Å²) in [7, 11) is 0. The average molecular weight is 248 g/mol. The molecule has 3 heteroatoms. The number of aryl methyl sites for hydroxylation is 1. The Morgan fingerprint density at radius 1 is 1.33 bits per heavy atom. The minimum Gasteiger partial charge on any atom is -0.371 e. The highest BCUT2D eigenvalue weighted by atomic mass is 16.5. The van der Waals surface area contributed by atoms with E-state index >= 15 is 0 Å². The second-order valence-electron chi connectivity index (χ2n) is 5.27. The number of anilines is 1. The lowest BCUT2D eigenvalue weighted by molar-refractivity contribution is -0.0633. The van der Waals surface area contributed by atoms with Gasteiger partial charge in [-0.25, -0.2) is 0 Å². The van der Waals surface area contributed by atoms with E-state index in [2.05, 4.69) is 55.3 Å². The van der Waals surface area contributed by atoms with Crippen molar-refractivity contribution in [3.63, 3.8) is 0 Å². The van der Waals surface area contributed by atoms with Crippen LogP contribution in [0, 0.1) is 6.92 Å². The first kappa shape index (κ1) is 13.4. The number of likely N-dealkylation sites (N-methyl/N-ethyl adjacent to an activating group) is 1. The third-order valence-electron chi connectivity index (χ3n) is 3.65. The zero-order chi connectivity index (χ0) is 13.0. The molecule has 0 radical (unpaired) electrons. The van der Waals surface area contributed by atoms with Crippen LogP contribution in [0.2, 0.25) is 0 Å². The average Bonchev–Trinajstić information content (AvgIpc) is 2.34. The van der Waals surface area contributed by atoms with Gasteiger partial charge in [0.05, 0.1) is 12.2 Å². The number of nitrogens with zero attached hydrogens (tertiary/aromatic N) is 1. The number of nitrogens with one attached hydrogen (secondary N) is 1. The molecule has 3 nitrogen and oxygen atoms in total. The molecule has 2 rings (SSSR count). The van der Waals surface area contributed by atoms with Crippen LogP contribution < -0.4 is 10.2 Å². The highest BCUT2D eigenvalue weighted by Gasteiger charge is 2.32. The van der Waals surface area contributed by atoms with Crippen LogP contribution >= 0.6 is 0 Å². The molecular formula is C15H24N2O. The summed E-state index contributed by atoms with van der Waals surface area (Å²) in [6, 6.07) is 8.54.